The topological polar surface area (TPSA) is 40.1 Å². The van der Waals surface area contributed by atoms with Crippen LogP contribution in [-0.2, 0) is 17.8 Å². The lowest BCUT2D eigenvalue weighted by molar-refractivity contribution is 0.115. The molecule has 1 aromatic rings. The van der Waals surface area contributed by atoms with Gasteiger partial charge in [-0.15, -0.1) is 24.0 Å². The first-order valence-corrected chi connectivity index (χ1v) is 8.80. The summed E-state index contributed by atoms with van der Waals surface area (Å²) in [6, 6.07) is 8.74. The molecule has 0 aliphatic heterocycles. The fraction of sp³-hybridized carbons (Fsp3) is 0.632. The summed E-state index contributed by atoms with van der Waals surface area (Å²) in [5, 5.41) is 3.42. The average Bonchev–Trinajstić information content (AvgIpc) is 3.37. The van der Waals surface area contributed by atoms with Crippen molar-refractivity contribution in [3.63, 3.8) is 0 Å². The monoisotopic (exact) mass is 460 g/mol. The largest absolute Gasteiger partial charge is 0.379 e. The molecule has 1 fully saturated rings. The molecule has 6 heteroatoms. The number of benzene rings is 1. The summed E-state index contributed by atoms with van der Waals surface area (Å²) < 4.78 is 5.70. The van der Waals surface area contributed by atoms with Gasteiger partial charge in [-0.05, 0) is 44.0 Å². The predicted molar refractivity (Wildman–Crippen MR) is 116 cm³/mol. The van der Waals surface area contributed by atoms with E-state index in [0.717, 1.165) is 44.7 Å². The summed E-state index contributed by atoms with van der Waals surface area (Å²) in [5.41, 5.74) is 2.59. The molecule has 0 heterocycles. The molecule has 0 unspecified atom stereocenters. The van der Waals surface area contributed by atoms with Gasteiger partial charge >= 0.3 is 0 Å². The number of aliphatic imine (C=N–C) groups is 1. The highest BCUT2D eigenvalue weighted by atomic mass is 127. The summed E-state index contributed by atoms with van der Waals surface area (Å²) in [5.74, 6) is 1.73. The van der Waals surface area contributed by atoms with Crippen LogP contribution in [0.15, 0.2) is 29.3 Å². The molecule has 1 saturated carbocycles. The van der Waals surface area contributed by atoms with E-state index in [1.54, 1.807) is 0 Å². The molecule has 0 bridgehead atoms. The molecule has 5 nitrogen and oxygen atoms in total. The molecule has 0 spiro atoms. The number of halogens is 1. The minimum Gasteiger partial charge on any atom is -0.379 e. The van der Waals surface area contributed by atoms with Crippen molar-refractivity contribution in [2.24, 2.45) is 10.9 Å². The Morgan fingerprint density at radius 3 is 2.36 bits per heavy atom. The van der Waals surface area contributed by atoms with Gasteiger partial charge in [-0.25, -0.2) is 0 Å². The molecule has 0 aromatic heterocycles. The maximum Gasteiger partial charge on any atom is 0.193 e. The van der Waals surface area contributed by atoms with Crippen LogP contribution in [0.1, 0.15) is 24.0 Å². The third-order valence-electron chi connectivity index (χ3n) is 4.17. The van der Waals surface area contributed by atoms with Crippen molar-refractivity contribution in [3.8, 4) is 0 Å². The summed E-state index contributed by atoms with van der Waals surface area (Å²) in [6.07, 6.45) is 2.68. The molecular weight excluding hydrogens is 427 g/mol. The maximum absolute atomic E-state index is 5.70. The molecule has 1 aliphatic carbocycles. The first-order valence-electron chi connectivity index (χ1n) is 8.80. The first kappa shape index (κ1) is 22.2. The third-order valence-corrected chi connectivity index (χ3v) is 4.17. The normalized spacial score (nSPS) is 14.4. The second kappa shape index (κ2) is 11.7. The van der Waals surface area contributed by atoms with Crippen molar-refractivity contribution in [1.82, 2.24) is 15.1 Å². The van der Waals surface area contributed by atoms with Crippen LogP contribution in [0.3, 0.4) is 0 Å². The van der Waals surface area contributed by atoms with Gasteiger partial charge in [0.2, 0.25) is 0 Å². The summed E-state index contributed by atoms with van der Waals surface area (Å²) in [6.45, 7) is 4.28. The highest BCUT2D eigenvalue weighted by molar-refractivity contribution is 14.0. The van der Waals surface area contributed by atoms with Crippen LogP contribution in [0.2, 0.25) is 0 Å². The lowest BCUT2D eigenvalue weighted by Crippen LogP contribution is -2.40. The second-order valence-corrected chi connectivity index (χ2v) is 6.89. The van der Waals surface area contributed by atoms with Crippen LogP contribution >= 0.6 is 24.0 Å². The van der Waals surface area contributed by atoms with Gasteiger partial charge in [-0.1, -0.05) is 24.3 Å². The fourth-order valence-electron chi connectivity index (χ4n) is 2.54. The van der Waals surface area contributed by atoms with Gasteiger partial charge in [0, 0.05) is 40.3 Å². The van der Waals surface area contributed by atoms with Crippen molar-refractivity contribution in [2.45, 2.75) is 25.9 Å². The minimum absolute atomic E-state index is 0. The standard InChI is InChI=1S/C19H32N4O.HI/c1-20-19(23(4)11-12-24-15-18-9-10-18)21-13-16-5-7-17(8-6-16)14-22(2)3;/h5-8,18H,9-15H2,1-4H3,(H,20,21);1H. The van der Waals surface area contributed by atoms with Crippen molar-refractivity contribution in [3.05, 3.63) is 35.4 Å². The average molecular weight is 460 g/mol. The van der Waals surface area contributed by atoms with E-state index in [1.165, 1.54) is 24.0 Å². The molecular formula is C19H33IN4O. The molecule has 1 N–H and O–H groups in total. The van der Waals surface area contributed by atoms with E-state index >= 15 is 0 Å². The molecule has 0 amide bonds. The predicted octanol–water partition coefficient (Wildman–Crippen LogP) is 2.80. The van der Waals surface area contributed by atoms with Crippen LogP contribution in [0.5, 0.6) is 0 Å². The van der Waals surface area contributed by atoms with Crippen LogP contribution in [0.4, 0.5) is 0 Å². The fourth-order valence-corrected chi connectivity index (χ4v) is 2.54. The van der Waals surface area contributed by atoms with E-state index in [4.69, 9.17) is 4.74 Å². The van der Waals surface area contributed by atoms with Gasteiger partial charge in [0.1, 0.15) is 0 Å². The van der Waals surface area contributed by atoms with Gasteiger partial charge in [-0.2, -0.15) is 0 Å². The Hall–Kier alpha value is -0.860. The molecule has 142 valence electrons. The Bertz CT molecular complexity index is 515. The molecule has 1 aromatic carbocycles. The van der Waals surface area contributed by atoms with Crippen molar-refractivity contribution in [1.29, 1.82) is 0 Å². The highest BCUT2D eigenvalue weighted by Crippen LogP contribution is 2.28. The summed E-state index contributed by atoms with van der Waals surface area (Å²) in [7, 11) is 8.05. The molecule has 2 rings (SSSR count). The maximum atomic E-state index is 5.70. The van der Waals surface area contributed by atoms with Gasteiger partial charge in [0.25, 0.3) is 0 Å². The van der Waals surface area contributed by atoms with Gasteiger partial charge in [-0.3, -0.25) is 4.99 Å². The number of nitrogens with one attached hydrogen (secondary N) is 1. The second-order valence-electron chi connectivity index (χ2n) is 6.89. The lowest BCUT2D eigenvalue weighted by Gasteiger charge is -2.22. The Morgan fingerprint density at radius 2 is 1.80 bits per heavy atom. The zero-order chi connectivity index (χ0) is 17.4. The SMILES string of the molecule is CN=C(NCc1ccc(CN(C)C)cc1)N(C)CCOCC1CC1.I. The Labute approximate surface area is 169 Å². The summed E-state index contributed by atoms with van der Waals surface area (Å²) in [4.78, 5) is 8.65. The van der Waals surface area contributed by atoms with Gasteiger partial charge in [0.05, 0.1) is 6.61 Å². The zero-order valence-electron chi connectivity index (χ0n) is 16.0. The number of hydrogen-bond acceptors (Lipinski definition) is 3. The van der Waals surface area contributed by atoms with Crippen molar-refractivity contribution < 1.29 is 4.74 Å². The van der Waals surface area contributed by atoms with E-state index in [9.17, 15) is 0 Å². The smallest absolute Gasteiger partial charge is 0.193 e. The van der Waals surface area contributed by atoms with Crippen molar-refractivity contribution in [2.75, 3.05) is 47.9 Å². The number of guanidine groups is 1. The van der Waals surface area contributed by atoms with Crippen LogP contribution in [0, 0.1) is 5.92 Å². The third kappa shape index (κ3) is 8.87. The van der Waals surface area contributed by atoms with Crippen molar-refractivity contribution >= 4 is 29.9 Å². The lowest BCUT2D eigenvalue weighted by atomic mass is 10.1. The van der Waals surface area contributed by atoms with Crippen LogP contribution < -0.4 is 5.32 Å². The molecule has 0 radical (unpaired) electrons. The molecule has 25 heavy (non-hydrogen) atoms. The number of hydrogen-bond donors (Lipinski definition) is 1. The van der Waals surface area contributed by atoms with E-state index in [-0.39, 0.29) is 24.0 Å². The summed E-state index contributed by atoms with van der Waals surface area (Å²) >= 11 is 0. The number of ether oxygens (including phenoxy) is 1. The number of likely N-dealkylation sites (N-methyl/N-ethyl adjacent to an activating group) is 1. The molecule has 0 saturated heterocycles. The van der Waals surface area contributed by atoms with Gasteiger partial charge < -0.3 is 19.9 Å². The Kier molecular flexibility index (Phi) is 10.4. The molecule has 1 aliphatic rings. The van der Waals surface area contributed by atoms with Crippen LogP contribution in [0.25, 0.3) is 0 Å². The van der Waals surface area contributed by atoms with Gasteiger partial charge in [0.15, 0.2) is 5.96 Å². The highest BCUT2D eigenvalue weighted by Gasteiger charge is 2.21. The van der Waals surface area contributed by atoms with E-state index in [2.05, 4.69) is 65.5 Å². The Morgan fingerprint density at radius 1 is 1.16 bits per heavy atom. The van der Waals surface area contributed by atoms with E-state index in [1.807, 2.05) is 7.05 Å². The van der Waals surface area contributed by atoms with E-state index in [0.29, 0.717) is 0 Å². The van der Waals surface area contributed by atoms with Crippen LogP contribution in [-0.4, -0.2) is 63.7 Å². The first-order chi connectivity index (χ1) is 11.6. The Balaban J connectivity index is 0.00000312. The number of rotatable bonds is 9. The molecule has 0 atom stereocenters. The zero-order valence-corrected chi connectivity index (χ0v) is 18.3. The minimum atomic E-state index is 0. The quantitative estimate of drug-likeness (QED) is 0.266. The number of nitrogens with zero attached hydrogens (tertiary/aromatic N) is 3. The van der Waals surface area contributed by atoms with E-state index < -0.39 is 0 Å².